The van der Waals surface area contributed by atoms with Crippen LogP contribution in [0.5, 0.6) is 0 Å². The Balaban J connectivity index is 1.67. The monoisotopic (exact) mass is 319 g/mol. The first kappa shape index (κ1) is 15.9. The predicted molar refractivity (Wildman–Crippen MR) is 95.9 cm³/mol. The minimum absolute atomic E-state index is 0.0972. The van der Waals surface area contributed by atoms with Crippen molar-refractivity contribution in [1.29, 1.82) is 0 Å². The van der Waals surface area contributed by atoms with Gasteiger partial charge < -0.3 is 5.32 Å². The first-order chi connectivity index (χ1) is 11.6. The van der Waals surface area contributed by atoms with E-state index in [0.717, 1.165) is 16.5 Å². The molecule has 3 heteroatoms. The lowest BCUT2D eigenvalue weighted by molar-refractivity contribution is -0.117. The molecule has 0 aliphatic carbocycles. The molecule has 0 bridgehead atoms. The second-order valence-electron chi connectivity index (χ2n) is 5.72. The van der Waals surface area contributed by atoms with Gasteiger partial charge in [-0.2, -0.15) is 0 Å². The Kier molecular flexibility index (Phi) is 4.71. The molecule has 0 aliphatic rings. The van der Waals surface area contributed by atoms with E-state index < -0.39 is 0 Å². The summed E-state index contributed by atoms with van der Waals surface area (Å²) in [5, 5.41) is 5.27. The van der Waals surface area contributed by atoms with E-state index in [1.807, 2.05) is 25.1 Å². The number of halogens is 1. The van der Waals surface area contributed by atoms with E-state index in [0.29, 0.717) is 0 Å². The molecule has 0 aromatic heterocycles. The van der Waals surface area contributed by atoms with Gasteiger partial charge in [0.05, 0.1) is 6.04 Å². The lowest BCUT2D eigenvalue weighted by atomic mass is 10.0. The van der Waals surface area contributed by atoms with Crippen molar-refractivity contribution < 1.29 is 9.18 Å². The molecule has 3 aromatic carbocycles. The minimum Gasteiger partial charge on any atom is -0.346 e. The highest BCUT2D eigenvalue weighted by Gasteiger charge is 2.08. The van der Waals surface area contributed by atoms with E-state index in [1.165, 1.54) is 23.6 Å². The fourth-order valence-electron chi connectivity index (χ4n) is 2.57. The zero-order valence-corrected chi connectivity index (χ0v) is 13.4. The van der Waals surface area contributed by atoms with Crippen LogP contribution in [0.15, 0.2) is 72.8 Å². The number of carbonyl (C=O) groups excluding carboxylic acids is 1. The third-order valence-corrected chi connectivity index (χ3v) is 3.93. The second-order valence-corrected chi connectivity index (χ2v) is 5.72. The maximum absolute atomic E-state index is 12.9. The lowest BCUT2D eigenvalue weighted by Gasteiger charge is -2.13. The van der Waals surface area contributed by atoms with Crippen molar-refractivity contribution >= 4 is 22.8 Å². The summed E-state index contributed by atoms with van der Waals surface area (Å²) < 4.78 is 12.9. The van der Waals surface area contributed by atoms with Crippen LogP contribution in [0.2, 0.25) is 0 Å². The Labute approximate surface area is 140 Å². The molecule has 3 rings (SSSR count). The molecular weight excluding hydrogens is 301 g/mol. The van der Waals surface area contributed by atoms with Crippen molar-refractivity contribution in [2.24, 2.45) is 0 Å². The summed E-state index contributed by atoms with van der Waals surface area (Å²) >= 11 is 0. The van der Waals surface area contributed by atoms with Crippen molar-refractivity contribution in [3.05, 3.63) is 89.8 Å². The van der Waals surface area contributed by atoms with Crippen molar-refractivity contribution in [2.75, 3.05) is 0 Å². The van der Waals surface area contributed by atoms with Crippen LogP contribution in [-0.2, 0) is 4.79 Å². The minimum atomic E-state index is -0.290. The Morgan fingerprint density at radius 1 is 1.00 bits per heavy atom. The van der Waals surface area contributed by atoms with E-state index in [1.54, 1.807) is 18.2 Å². The van der Waals surface area contributed by atoms with Crippen LogP contribution >= 0.6 is 0 Å². The van der Waals surface area contributed by atoms with Crippen LogP contribution < -0.4 is 5.32 Å². The number of benzene rings is 3. The Morgan fingerprint density at radius 3 is 2.46 bits per heavy atom. The molecule has 2 nitrogen and oxygen atoms in total. The smallest absolute Gasteiger partial charge is 0.244 e. The van der Waals surface area contributed by atoms with Crippen LogP contribution in [-0.4, -0.2) is 5.91 Å². The van der Waals surface area contributed by atoms with Gasteiger partial charge in [0.15, 0.2) is 0 Å². The molecule has 0 saturated carbocycles. The fourth-order valence-corrected chi connectivity index (χ4v) is 2.57. The highest BCUT2D eigenvalue weighted by atomic mass is 19.1. The van der Waals surface area contributed by atoms with Gasteiger partial charge in [-0.05, 0) is 53.1 Å². The number of fused-ring (bicyclic) bond motifs is 1. The SMILES string of the molecule is CC(NC(=O)/C=C/c1ccc(F)cc1)c1ccc2ccccc2c1. The Bertz CT molecular complexity index is 884. The highest BCUT2D eigenvalue weighted by molar-refractivity contribution is 5.92. The van der Waals surface area contributed by atoms with E-state index in [4.69, 9.17) is 0 Å². The Hall–Kier alpha value is -2.94. The van der Waals surface area contributed by atoms with Crippen molar-refractivity contribution in [1.82, 2.24) is 5.32 Å². The summed E-state index contributed by atoms with van der Waals surface area (Å²) in [6.07, 6.45) is 3.13. The average Bonchev–Trinajstić information content (AvgIpc) is 2.61. The van der Waals surface area contributed by atoms with E-state index >= 15 is 0 Å². The van der Waals surface area contributed by atoms with E-state index in [2.05, 4.69) is 29.6 Å². The third kappa shape index (κ3) is 3.87. The van der Waals surface area contributed by atoms with Crippen LogP contribution in [0, 0.1) is 5.82 Å². The number of nitrogens with one attached hydrogen (secondary N) is 1. The molecular formula is C21H18FNO. The lowest BCUT2D eigenvalue weighted by Crippen LogP contribution is -2.24. The molecule has 24 heavy (non-hydrogen) atoms. The van der Waals surface area contributed by atoms with E-state index in [9.17, 15) is 9.18 Å². The molecule has 0 aliphatic heterocycles. The van der Waals surface area contributed by atoms with Gasteiger partial charge >= 0.3 is 0 Å². The summed E-state index contributed by atoms with van der Waals surface area (Å²) in [5.41, 5.74) is 1.84. The number of rotatable bonds is 4. The molecule has 120 valence electrons. The van der Waals surface area contributed by atoms with Crippen LogP contribution in [0.4, 0.5) is 4.39 Å². The molecule has 1 atom stereocenters. The van der Waals surface area contributed by atoms with Gasteiger partial charge in [0, 0.05) is 6.08 Å². The maximum atomic E-state index is 12.9. The molecule has 0 heterocycles. The van der Waals surface area contributed by atoms with Crippen molar-refractivity contribution in [3.63, 3.8) is 0 Å². The quantitative estimate of drug-likeness (QED) is 0.683. The van der Waals surface area contributed by atoms with Gasteiger partial charge in [0.1, 0.15) is 5.82 Å². The number of amides is 1. The third-order valence-electron chi connectivity index (χ3n) is 3.93. The van der Waals surface area contributed by atoms with Gasteiger partial charge in [-0.25, -0.2) is 4.39 Å². The molecule has 0 fully saturated rings. The summed E-state index contributed by atoms with van der Waals surface area (Å²) in [4.78, 5) is 12.1. The second kappa shape index (κ2) is 7.09. The van der Waals surface area contributed by atoms with E-state index in [-0.39, 0.29) is 17.8 Å². The first-order valence-corrected chi connectivity index (χ1v) is 7.85. The summed E-state index contributed by atoms with van der Waals surface area (Å²) in [5.74, 6) is -0.471. The molecule has 0 spiro atoms. The fraction of sp³-hybridized carbons (Fsp3) is 0.0952. The topological polar surface area (TPSA) is 29.1 Å². The summed E-state index contributed by atoms with van der Waals surface area (Å²) in [6.45, 7) is 1.95. The highest BCUT2D eigenvalue weighted by Crippen LogP contribution is 2.20. The standard InChI is InChI=1S/C21H18FNO/c1-15(18-10-9-17-4-2-3-5-19(17)14-18)23-21(24)13-8-16-6-11-20(22)12-7-16/h2-15H,1H3,(H,23,24)/b13-8+. The first-order valence-electron chi connectivity index (χ1n) is 7.85. The van der Waals surface area contributed by atoms with Crippen LogP contribution in [0.1, 0.15) is 24.1 Å². The zero-order chi connectivity index (χ0) is 16.9. The number of carbonyl (C=O) groups is 1. The molecule has 3 aromatic rings. The normalized spacial score (nSPS) is 12.4. The van der Waals surface area contributed by atoms with Gasteiger partial charge in [-0.15, -0.1) is 0 Å². The largest absolute Gasteiger partial charge is 0.346 e. The molecule has 1 unspecified atom stereocenters. The van der Waals surface area contributed by atoms with Crippen molar-refractivity contribution in [3.8, 4) is 0 Å². The molecule has 0 radical (unpaired) electrons. The molecule has 1 N–H and O–H groups in total. The molecule has 1 amide bonds. The summed E-state index contributed by atoms with van der Waals surface area (Å²) in [6, 6.07) is 20.2. The zero-order valence-electron chi connectivity index (χ0n) is 13.4. The molecule has 0 saturated heterocycles. The van der Waals surface area contributed by atoms with Crippen LogP contribution in [0.25, 0.3) is 16.8 Å². The van der Waals surface area contributed by atoms with Gasteiger partial charge in [-0.3, -0.25) is 4.79 Å². The predicted octanol–water partition coefficient (Wildman–Crippen LogP) is 4.87. The summed E-state index contributed by atoms with van der Waals surface area (Å²) in [7, 11) is 0. The van der Waals surface area contributed by atoms with Crippen LogP contribution in [0.3, 0.4) is 0 Å². The number of hydrogen-bond donors (Lipinski definition) is 1. The number of hydrogen-bond acceptors (Lipinski definition) is 1. The Morgan fingerprint density at radius 2 is 1.71 bits per heavy atom. The van der Waals surface area contributed by atoms with Gasteiger partial charge in [0.25, 0.3) is 0 Å². The average molecular weight is 319 g/mol. The van der Waals surface area contributed by atoms with Crippen molar-refractivity contribution in [2.45, 2.75) is 13.0 Å². The maximum Gasteiger partial charge on any atom is 0.244 e. The van der Waals surface area contributed by atoms with Gasteiger partial charge in [-0.1, -0.05) is 48.5 Å². The van der Waals surface area contributed by atoms with Gasteiger partial charge in [0.2, 0.25) is 5.91 Å².